The average Bonchev–Trinajstić information content (AvgIpc) is 3.02. The van der Waals surface area contributed by atoms with Crippen molar-refractivity contribution < 1.29 is 4.79 Å². The van der Waals surface area contributed by atoms with E-state index >= 15 is 0 Å². The van der Waals surface area contributed by atoms with Crippen molar-refractivity contribution in [1.29, 1.82) is 0 Å². The van der Waals surface area contributed by atoms with E-state index in [1.807, 2.05) is 54.6 Å². The van der Waals surface area contributed by atoms with E-state index in [-0.39, 0.29) is 17.4 Å². The van der Waals surface area contributed by atoms with E-state index in [0.29, 0.717) is 18.1 Å². The van der Waals surface area contributed by atoms with Crippen LogP contribution in [0.1, 0.15) is 30.5 Å². The van der Waals surface area contributed by atoms with Crippen molar-refractivity contribution in [3.8, 4) is 0 Å². The number of hydrogen-bond donors (Lipinski definition) is 2. The molecule has 26 heavy (non-hydrogen) atoms. The van der Waals surface area contributed by atoms with Crippen LogP contribution in [-0.4, -0.2) is 37.0 Å². The van der Waals surface area contributed by atoms with Gasteiger partial charge in [0.05, 0.1) is 12.6 Å². The summed E-state index contributed by atoms with van der Waals surface area (Å²) in [6.07, 6.45) is 1.03. The molecule has 0 bridgehead atoms. The summed E-state index contributed by atoms with van der Waals surface area (Å²) in [6, 6.07) is 17.4. The van der Waals surface area contributed by atoms with Crippen LogP contribution in [0.5, 0.6) is 0 Å². The Morgan fingerprint density at radius 1 is 1.23 bits per heavy atom. The zero-order valence-corrected chi connectivity index (χ0v) is 15.9. The zero-order chi connectivity index (χ0) is 18.6. The topological polar surface area (TPSA) is 58.4 Å². The zero-order valence-electron chi connectivity index (χ0n) is 15.1. The Labute approximate surface area is 160 Å². The van der Waals surface area contributed by atoms with Crippen molar-refractivity contribution in [3.63, 3.8) is 0 Å². The molecule has 0 saturated carbocycles. The van der Waals surface area contributed by atoms with E-state index < -0.39 is 0 Å². The lowest BCUT2D eigenvalue weighted by atomic mass is 9.90. The highest BCUT2D eigenvalue weighted by molar-refractivity contribution is 6.30. The lowest BCUT2D eigenvalue weighted by molar-refractivity contribution is -0.122. The van der Waals surface area contributed by atoms with E-state index in [1.54, 1.807) is 0 Å². The number of halogens is 1. The summed E-state index contributed by atoms with van der Waals surface area (Å²) < 4.78 is 0. The summed E-state index contributed by atoms with van der Waals surface area (Å²) in [5, 5.41) is 3.84. The van der Waals surface area contributed by atoms with Crippen molar-refractivity contribution in [1.82, 2.24) is 10.2 Å². The first-order valence-corrected chi connectivity index (χ1v) is 9.39. The highest BCUT2D eigenvalue weighted by Crippen LogP contribution is 2.28. The Balaban J connectivity index is 1.73. The summed E-state index contributed by atoms with van der Waals surface area (Å²) in [6.45, 7) is 5.00. The number of amides is 1. The van der Waals surface area contributed by atoms with Crippen LogP contribution in [0.2, 0.25) is 5.02 Å². The molecule has 0 radical (unpaired) electrons. The molecule has 1 fully saturated rings. The van der Waals surface area contributed by atoms with Gasteiger partial charge in [0.1, 0.15) is 0 Å². The molecule has 2 aromatic carbocycles. The summed E-state index contributed by atoms with van der Waals surface area (Å²) in [5.74, 6) is 0.0140. The molecule has 2 aromatic rings. The number of nitrogens with two attached hydrogens (primary N) is 1. The van der Waals surface area contributed by atoms with Crippen LogP contribution in [0, 0.1) is 5.41 Å². The summed E-state index contributed by atoms with van der Waals surface area (Å²) in [7, 11) is 0. The molecule has 1 saturated heterocycles. The van der Waals surface area contributed by atoms with E-state index in [1.165, 1.54) is 0 Å². The van der Waals surface area contributed by atoms with Crippen LogP contribution in [0.3, 0.4) is 0 Å². The first kappa shape index (κ1) is 18.9. The molecule has 2 atom stereocenters. The normalized spacial score (nSPS) is 21.5. The molecule has 1 aliphatic heterocycles. The Morgan fingerprint density at radius 3 is 2.62 bits per heavy atom. The van der Waals surface area contributed by atoms with Crippen LogP contribution < -0.4 is 11.1 Å². The van der Waals surface area contributed by atoms with E-state index in [0.717, 1.165) is 30.6 Å². The molecule has 0 aromatic heterocycles. The SMILES string of the molecule is CC1(CN)CCN(CC(=O)NC(c2ccccc2)c2cccc(Cl)c2)C1. The molecule has 5 heteroatoms. The molecule has 4 nitrogen and oxygen atoms in total. The fraction of sp³-hybridized carbons (Fsp3) is 0.381. The van der Waals surface area contributed by atoms with Crippen LogP contribution in [0.25, 0.3) is 0 Å². The summed E-state index contributed by atoms with van der Waals surface area (Å²) in [5.41, 5.74) is 8.00. The molecule has 1 aliphatic rings. The number of nitrogens with zero attached hydrogens (tertiary/aromatic N) is 1. The van der Waals surface area contributed by atoms with Gasteiger partial charge < -0.3 is 11.1 Å². The minimum absolute atomic E-state index is 0.0140. The standard InChI is InChI=1S/C21H26ClN3O/c1-21(14-23)10-11-25(15-21)13-19(26)24-20(16-6-3-2-4-7-16)17-8-5-9-18(22)12-17/h2-9,12,20H,10-11,13-15,23H2,1H3,(H,24,26). The molecular weight excluding hydrogens is 346 g/mol. The maximum Gasteiger partial charge on any atom is 0.234 e. The van der Waals surface area contributed by atoms with Gasteiger partial charge in [-0.1, -0.05) is 61.0 Å². The maximum absolute atomic E-state index is 12.7. The van der Waals surface area contributed by atoms with Crippen molar-refractivity contribution in [2.24, 2.45) is 11.1 Å². The van der Waals surface area contributed by atoms with Gasteiger partial charge in [0.15, 0.2) is 0 Å². The van der Waals surface area contributed by atoms with Gasteiger partial charge in [0.25, 0.3) is 0 Å². The van der Waals surface area contributed by atoms with Gasteiger partial charge in [-0.05, 0) is 48.2 Å². The average molecular weight is 372 g/mol. The predicted octanol–water partition coefficient (Wildman–Crippen LogP) is 3.22. The molecular formula is C21H26ClN3O. The Morgan fingerprint density at radius 2 is 1.96 bits per heavy atom. The lowest BCUT2D eigenvalue weighted by Crippen LogP contribution is -2.39. The summed E-state index contributed by atoms with van der Waals surface area (Å²) in [4.78, 5) is 14.9. The first-order valence-electron chi connectivity index (χ1n) is 9.01. The molecule has 1 amide bonds. The molecule has 3 rings (SSSR count). The number of likely N-dealkylation sites (tertiary alicyclic amines) is 1. The molecule has 0 aliphatic carbocycles. The number of carbonyl (C=O) groups excluding carboxylic acids is 1. The molecule has 2 unspecified atom stereocenters. The van der Waals surface area contributed by atoms with Crippen molar-refractivity contribution in [2.45, 2.75) is 19.4 Å². The monoisotopic (exact) mass is 371 g/mol. The van der Waals surface area contributed by atoms with E-state index in [9.17, 15) is 4.79 Å². The summed E-state index contributed by atoms with van der Waals surface area (Å²) >= 11 is 6.17. The van der Waals surface area contributed by atoms with Gasteiger partial charge in [-0.3, -0.25) is 9.69 Å². The highest BCUT2D eigenvalue weighted by Gasteiger charge is 2.33. The second kappa shape index (κ2) is 8.21. The third kappa shape index (κ3) is 4.64. The number of hydrogen-bond acceptors (Lipinski definition) is 3. The molecule has 138 valence electrons. The van der Waals surface area contributed by atoms with Gasteiger partial charge in [0, 0.05) is 11.6 Å². The van der Waals surface area contributed by atoms with Crippen LogP contribution >= 0.6 is 11.6 Å². The Hall–Kier alpha value is -1.88. The van der Waals surface area contributed by atoms with Crippen LogP contribution in [0.15, 0.2) is 54.6 Å². The van der Waals surface area contributed by atoms with Crippen LogP contribution in [-0.2, 0) is 4.79 Å². The minimum Gasteiger partial charge on any atom is -0.344 e. The van der Waals surface area contributed by atoms with Gasteiger partial charge in [-0.25, -0.2) is 0 Å². The fourth-order valence-electron chi connectivity index (χ4n) is 3.53. The van der Waals surface area contributed by atoms with Gasteiger partial charge in [-0.15, -0.1) is 0 Å². The second-order valence-electron chi connectivity index (χ2n) is 7.44. The number of rotatable bonds is 6. The highest BCUT2D eigenvalue weighted by atomic mass is 35.5. The third-order valence-corrected chi connectivity index (χ3v) is 5.35. The molecule has 0 spiro atoms. The van der Waals surface area contributed by atoms with Crippen molar-refractivity contribution >= 4 is 17.5 Å². The third-order valence-electron chi connectivity index (χ3n) is 5.12. The van der Waals surface area contributed by atoms with Crippen molar-refractivity contribution in [2.75, 3.05) is 26.2 Å². The maximum atomic E-state index is 12.7. The Bertz CT molecular complexity index is 752. The van der Waals surface area contributed by atoms with Gasteiger partial charge in [0.2, 0.25) is 5.91 Å². The molecule has 1 heterocycles. The Kier molecular flexibility index (Phi) is 5.97. The van der Waals surface area contributed by atoms with Crippen molar-refractivity contribution in [3.05, 3.63) is 70.7 Å². The first-order chi connectivity index (χ1) is 12.5. The van der Waals surface area contributed by atoms with Gasteiger partial charge >= 0.3 is 0 Å². The quantitative estimate of drug-likeness (QED) is 0.819. The number of benzene rings is 2. The predicted molar refractivity (Wildman–Crippen MR) is 106 cm³/mol. The van der Waals surface area contributed by atoms with Crippen LogP contribution in [0.4, 0.5) is 0 Å². The lowest BCUT2D eigenvalue weighted by Gasteiger charge is -2.24. The smallest absolute Gasteiger partial charge is 0.234 e. The van der Waals surface area contributed by atoms with E-state index in [4.69, 9.17) is 17.3 Å². The van der Waals surface area contributed by atoms with E-state index in [2.05, 4.69) is 17.1 Å². The second-order valence-corrected chi connectivity index (χ2v) is 7.88. The minimum atomic E-state index is -0.217. The molecule has 3 N–H and O–H groups in total. The van der Waals surface area contributed by atoms with Gasteiger partial charge in [-0.2, -0.15) is 0 Å². The number of nitrogens with one attached hydrogen (secondary N) is 1. The fourth-order valence-corrected chi connectivity index (χ4v) is 3.73. The largest absolute Gasteiger partial charge is 0.344 e. The number of carbonyl (C=O) groups is 1.